The van der Waals surface area contributed by atoms with Gasteiger partial charge in [0, 0.05) is 25.3 Å². The molecule has 0 aliphatic rings. The number of unbranched alkanes of at least 4 members (excludes halogenated alkanes) is 3. The average molecular weight is 279 g/mol. The maximum absolute atomic E-state index is 12.0. The third-order valence-corrected chi connectivity index (χ3v) is 3.04. The summed E-state index contributed by atoms with van der Waals surface area (Å²) < 4.78 is 0. The Morgan fingerprint density at radius 3 is 2.65 bits per heavy atom. The maximum Gasteiger partial charge on any atom is 0.282 e. The molecule has 0 saturated carbocycles. The third kappa shape index (κ3) is 4.53. The van der Waals surface area contributed by atoms with Gasteiger partial charge in [0.2, 0.25) is 0 Å². The Morgan fingerprint density at radius 2 is 2.05 bits per heavy atom. The minimum Gasteiger partial charge on any atom is -0.388 e. The topological polar surface area (TPSA) is 84.3 Å². The molecule has 0 unspecified atom stereocenters. The molecule has 1 aromatic carbocycles. The molecular formula is C14H21N3O3. The molecule has 0 aliphatic carbocycles. The summed E-state index contributed by atoms with van der Waals surface area (Å²) in [6, 6.07) is 4.42. The van der Waals surface area contributed by atoms with Crippen LogP contribution in [0.3, 0.4) is 0 Å². The summed E-state index contributed by atoms with van der Waals surface area (Å²) in [5, 5.41) is 16.5. The molecule has 6 nitrogen and oxygen atoms in total. The van der Waals surface area contributed by atoms with Crippen LogP contribution in [0.2, 0.25) is 0 Å². The first-order valence-corrected chi connectivity index (χ1v) is 6.84. The van der Waals surface area contributed by atoms with E-state index in [1.807, 2.05) is 0 Å². The van der Waals surface area contributed by atoms with E-state index in [4.69, 9.17) is 0 Å². The molecule has 0 aliphatic heterocycles. The number of nitro benzene ring substituents is 1. The first kappa shape index (κ1) is 15.9. The molecule has 2 N–H and O–H groups in total. The van der Waals surface area contributed by atoms with Crippen molar-refractivity contribution in [2.45, 2.75) is 32.6 Å². The lowest BCUT2D eigenvalue weighted by Crippen LogP contribution is -2.25. The van der Waals surface area contributed by atoms with Crippen LogP contribution in [-0.4, -0.2) is 24.4 Å². The zero-order valence-corrected chi connectivity index (χ0v) is 11.9. The van der Waals surface area contributed by atoms with Crippen LogP contribution in [0.1, 0.15) is 43.0 Å². The minimum absolute atomic E-state index is 0.0948. The fraction of sp³-hybridized carbons (Fsp3) is 0.500. The van der Waals surface area contributed by atoms with Crippen molar-refractivity contribution in [1.82, 2.24) is 5.32 Å². The number of carbonyl (C=O) groups excluding carboxylic acids is 1. The lowest BCUT2D eigenvalue weighted by molar-refractivity contribution is -0.385. The Hall–Kier alpha value is -2.11. The van der Waals surface area contributed by atoms with Gasteiger partial charge in [-0.05, 0) is 18.6 Å². The smallest absolute Gasteiger partial charge is 0.282 e. The average Bonchev–Trinajstić information content (AvgIpc) is 2.46. The molecule has 1 rings (SSSR count). The van der Waals surface area contributed by atoms with Crippen LogP contribution in [-0.2, 0) is 0 Å². The number of rotatable bonds is 8. The van der Waals surface area contributed by atoms with Gasteiger partial charge >= 0.3 is 0 Å². The molecule has 0 radical (unpaired) electrons. The summed E-state index contributed by atoms with van der Waals surface area (Å²) in [6.45, 7) is 2.66. The van der Waals surface area contributed by atoms with Gasteiger partial charge in [-0.1, -0.05) is 26.2 Å². The molecule has 20 heavy (non-hydrogen) atoms. The Morgan fingerprint density at radius 1 is 1.30 bits per heavy atom. The van der Waals surface area contributed by atoms with Crippen LogP contribution in [0.4, 0.5) is 11.4 Å². The number of anilines is 1. The van der Waals surface area contributed by atoms with Crippen molar-refractivity contribution >= 4 is 17.3 Å². The van der Waals surface area contributed by atoms with Crippen LogP contribution in [0.5, 0.6) is 0 Å². The van der Waals surface area contributed by atoms with Crippen molar-refractivity contribution in [1.29, 1.82) is 0 Å². The van der Waals surface area contributed by atoms with Crippen molar-refractivity contribution < 1.29 is 9.72 Å². The largest absolute Gasteiger partial charge is 0.388 e. The number of amides is 1. The first-order chi connectivity index (χ1) is 9.60. The number of nitrogens with one attached hydrogen (secondary N) is 2. The Balaban J connectivity index is 2.72. The second kappa shape index (κ2) is 8.14. The van der Waals surface area contributed by atoms with Crippen molar-refractivity contribution in [3.8, 4) is 0 Å². The first-order valence-electron chi connectivity index (χ1n) is 6.84. The predicted molar refractivity (Wildman–Crippen MR) is 79.1 cm³/mol. The SMILES string of the molecule is CCCCCCNC(=O)c1cc(NC)ccc1[N+](=O)[O-]. The van der Waals surface area contributed by atoms with E-state index in [0.717, 1.165) is 25.7 Å². The van der Waals surface area contributed by atoms with Crippen LogP contribution >= 0.6 is 0 Å². The lowest BCUT2D eigenvalue weighted by atomic mass is 10.1. The monoisotopic (exact) mass is 279 g/mol. The summed E-state index contributed by atoms with van der Waals surface area (Å²) in [7, 11) is 1.70. The predicted octanol–water partition coefficient (Wildman–Crippen LogP) is 2.95. The lowest BCUT2D eigenvalue weighted by Gasteiger charge is -2.07. The van der Waals surface area contributed by atoms with E-state index in [1.54, 1.807) is 13.1 Å². The van der Waals surface area contributed by atoms with Crippen molar-refractivity contribution in [2.24, 2.45) is 0 Å². The van der Waals surface area contributed by atoms with E-state index in [1.165, 1.54) is 12.1 Å². The quantitative estimate of drug-likeness (QED) is 0.435. The standard InChI is InChI=1S/C14H21N3O3/c1-3-4-5-6-9-16-14(18)12-10-11(15-2)7-8-13(12)17(19)20/h7-8,10,15H,3-6,9H2,1-2H3,(H,16,18). The second-order valence-corrected chi connectivity index (χ2v) is 4.56. The normalized spacial score (nSPS) is 10.1. The Labute approximate surface area is 118 Å². The molecule has 0 fully saturated rings. The van der Waals surface area contributed by atoms with Gasteiger partial charge in [0.15, 0.2) is 0 Å². The summed E-state index contributed by atoms with van der Waals surface area (Å²) >= 11 is 0. The van der Waals surface area contributed by atoms with E-state index < -0.39 is 10.8 Å². The molecule has 0 aromatic heterocycles. The molecule has 0 atom stereocenters. The van der Waals surface area contributed by atoms with E-state index in [9.17, 15) is 14.9 Å². The van der Waals surface area contributed by atoms with Gasteiger partial charge < -0.3 is 10.6 Å². The van der Waals surface area contributed by atoms with Gasteiger partial charge in [-0.3, -0.25) is 14.9 Å². The summed E-state index contributed by atoms with van der Waals surface area (Å²) in [5.74, 6) is -0.398. The van der Waals surface area contributed by atoms with Crippen molar-refractivity contribution in [2.75, 3.05) is 18.9 Å². The number of carbonyl (C=O) groups is 1. The Kier molecular flexibility index (Phi) is 6.49. The number of benzene rings is 1. The van der Waals surface area contributed by atoms with Crippen LogP contribution in [0, 0.1) is 10.1 Å². The highest BCUT2D eigenvalue weighted by atomic mass is 16.6. The van der Waals surface area contributed by atoms with Gasteiger partial charge in [0.05, 0.1) is 4.92 Å². The van der Waals surface area contributed by atoms with Crippen molar-refractivity contribution in [3.05, 3.63) is 33.9 Å². The maximum atomic E-state index is 12.0. The molecular weight excluding hydrogens is 258 g/mol. The molecule has 6 heteroatoms. The highest BCUT2D eigenvalue weighted by molar-refractivity contribution is 5.99. The molecule has 0 saturated heterocycles. The summed E-state index contributed by atoms with van der Waals surface area (Å²) in [5.41, 5.74) is 0.596. The molecule has 0 heterocycles. The number of hydrogen-bond acceptors (Lipinski definition) is 4. The van der Waals surface area contributed by atoms with Gasteiger partial charge in [-0.25, -0.2) is 0 Å². The zero-order valence-electron chi connectivity index (χ0n) is 11.9. The van der Waals surface area contributed by atoms with Gasteiger partial charge in [-0.15, -0.1) is 0 Å². The zero-order chi connectivity index (χ0) is 15.0. The second-order valence-electron chi connectivity index (χ2n) is 4.56. The molecule has 1 aromatic rings. The Bertz CT molecular complexity index is 475. The van der Waals surface area contributed by atoms with E-state index in [2.05, 4.69) is 17.6 Å². The van der Waals surface area contributed by atoms with Crippen LogP contribution < -0.4 is 10.6 Å². The van der Waals surface area contributed by atoms with E-state index >= 15 is 0 Å². The fourth-order valence-electron chi connectivity index (χ4n) is 1.88. The number of nitrogens with zero attached hydrogens (tertiary/aromatic N) is 1. The molecule has 110 valence electrons. The van der Waals surface area contributed by atoms with Crippen LogP contribution in [0.15, 0.2) is 18.2 Å². The molecule has 0 bridgehead atoms. The summed E-state index contributed by atoms with van der Waals surface area (Å²) in [6.07, 6.45) is 4.20. The highest BCUT2D eigenvalue weighted by Crippen LogP contribution is 2.22. The minimum atomic E-state index is -0.536. The van der Waals surface area contributed by atoms with E-state index in [-0.39, 0.29) is 11.3 Å². The number of hydrogen-bond donors (Lipinski definition) is 2. The fourth-order valence-corrected chi connectivity index (χ4v) is 1.88. The molecule has 0 spiro atoms. The molecule has 1 amide bonds. The van der Waals surface area contributed by atoms with E-state index in [0.29, 0.717) is 12.2 Å². The summed E-state index contributed by atoms with van der Waals surface area (Å²) in [4.78, 5) is 22.4. The third-order valence-electron chi connectivity index (χ3n) is 3.04. The van der Waals surface area contributed by atoms with Crippen LogP contribution in [0.25, 0.3) is 0 Å². The highest BCUT2D eigenvalue weighted by Gasteiger charge is 2.20. The van der Waals surface area contributed by atoms with Crippen molar-refractivity contribution in [3.63, 3.8) is 0 Å². The number of nitro groups is 1. The van der Waals surface area contributed by atoms with Gasteiger partial charge in [-0.2, -0.15) is 0 Å². The van der Waals surface area contributed by atoms with Gasteiger partial charge in [0.25, 0.3) is 11.6 Å². The van der Waals surface area contributed by atoms with Gasteiger partial charge in [0.1, 0.15) is 5.56 Å².